The Balaban J connectivity index is 1.76. The van der Waals surface area contributed by atoms with Gasteiger partial charge in [0, 0.05) is 25.4 Å². The van der Waals surface area contributed by atoms with Gasteiger partial charge in [-0.3, -0.25) is 9.78 Å². The first-order valence-corrected chi connectivity index (χ1v) is 6.42. The second-order valence-corrected chi connectivity index (χ2v) is 4.45. The minimum atomic E-state index is 0.0122. The molecule has 100 valence electrons. The number of hydrogen-bond acceptors (Lipinski definition) is 3. The van der Waals surface area contributed by atoms with E-state index in [2.05, 4.69) is 16.4 Å². The van der Waals surface area contributed by atoms with Gasteiger partial charge in [-0.1, -0.05) is 18.2 Å². The number of hydrogen-bond donors (Lipinski definition) is 1. The van der Waals surface area contributed by atoms with Crippen LogP contribution in [-0.4, -0.2) is 10.9 Å². The third-order valence-electron chi connectivity index (χ3n) is 2.94. The number of carbonyl (C=O) groups excluding carboxylic acids is 1. The zero-order valence-electron chi connectivity index (χ0n) is 11.0. The Morgan fingerprint density at radius 2 is 2.00 bits per heavy atom. The zero-order chi connectivity index (χ0) is 14.2. The van der Waals surface area contributed by atoms with Crippen LogP contribution in [0.2, 0.25) is 0 Å². The van der Waals surface area contributed by atoms with Crippen LogP contribution < -0.4 is 5.32 Å². The lowest BCUT2D eigenvalue weighted by Gasteiger charge is -2.05. The average Bonchev–Trinajstić information content (AvgIpc) is 2.52. The smallest absolute Gasteiger partial charge is 0.220 e. The van der Waals surface area contributed by atoms with Gasteiger partial charge >= 0.3 is 0 Å². The Hall–Kier alpha value is -2.67. The van der Waals surface area contributed by atoms with Crippen molar-refractivity contribution in [1.29, 1.82) is 5.26 Å². The summed E-state index contributed by atoms with van der Waals surface area (Å²) in [7, 11) is 0. The van der Waals surface area contributed by atoms with Gasteiger partial charge in [0.1, 0.15) is 0 Å². The molecule has 0 bridgehead atoms. The maximum Gasteiger partial charge on any atom is 0.220 e. The molecule has 0 fully saturated rings. The number of aryl methyl sites for hydroxylation is 1. The summed E-state index contributed by atoms with van der Waals surface area (Å²) in [6.45, 7) is 0.484. The first-order chi connectivity index (χ1) is 9.78. The van der Waals surface area contributed by atoms with Gasteiger partial charge in [-0.25, -0.2) is 0 Å². The number of aromatic nitrogens is 1. The summed E-state index contributed by atoms with van der Waals surface area (Å²) in [5, 5.41) is 11.6. The number of rotatable bonds is 5. The quantitative estimate of drug-likeness (QED) is 0.901. The van der Waals surface area contributed by atoms with Crippen molar-refractivity contribution in [3.8, 4) is 6.07 Å². The van der Waals surface area contributed by atoms with Crippen molar-refractivity contribution in [2.24, 2.45) is 0 Å². The van der Waals surface area contributed by atoms with E-state index in [1.165, 1.54) is 0 Å². The van der Waals surface area contributed by atoms with Gasteiger partial charge < -0.3 is 5.32 Å². The molecule has 2 aromatic rings. The maximum atomic E-state index is 11.7. The van der Waals surface area contributed by atoms with Gasteiger partial charge in [0.05, 0.1) is 11.6 Å². The van der Waals surface area contributed by atoms with E-state index in [0.29, 0.717) is 24.9 Å². The molecule has 0 aliphatic heterocycles. The molecule has 0 saturated heterocycles. The van der Waals surface area contributed by atoms with E-state index in [1.807, 2.05) is 24.3 Å². The van der Waals surface area contributed by atoms with E-state index in [1.54, 1.807) is 24.5 Å². The van der Waals surface area contributed by atoms with Crippen molar-refractivity contribution >= 4 is 5.91 Å². The third kappa shape index (κ3) is 4.21. The first kappa shape index (κ1) is 13.8. The molecule has 0 aliphatic carbocycles. The largest absolute Gasteiger partial charge is 0.352 e. The van der Waals surface area contributed by atoms with Crippen LogP contribution in [0.15, 0.2) is 48.8 Å². The van der Waals surface area contributed by atoms with Crippen LogP contribution in [0.1, 0.15) is 23.1 Å². The van der Waals surface area contributed by atoms with Gasteiger partial charge in [0.25, 0.3) is 0 Å². The molecule has 0 aliphatic rings. The fourth-order valence-corrected chi connectivity index (χ4v) is 1.79. The number of nitrogens with zero attached hydrogens (tertiary/aromatic N) is 2. The van der Waals surface area contributed by atoms with Crippen LogP contribution in [0.5, 0.6) is 0 Å². The van der Waals surface area contributed by atoms with E-state index >= 15 is 0 Å². The average molecular weight is 265 g/mol. The van der Waals surface area contributed by atoms with E-state index in [9.17, 15) is 4.79 Å². The lowest BCUT2D eigenvalue weighted by atomic mass is 10.1. The van der Waals surface area contributed by atoms with Crippen LogP contribution in [0.3, 0.4) is 0 Å². The van der Waals surface area contributed by atoms with Gasteiger partial charge in [-0.15, -0.1) is 0 Å². The Morgan fingerprint density at radius 3 is 2.65 bits per heavy atom. The summed E-state index contributed by atoms with van der Waals surface area (Å²) in [5.74, 6) is 0.0122. The lowest BCUT2D eigenvalue weighted by molar-refractivity contribution is -0.121. The monoisotopic (exact) mass is 265 g/mol. The zero-order valence-corrected chi connectivity index (χ0v) is 11.0. The van der Waals surface area contributed by atoms with E-state index in [-0.39, 0.29) is 5.91 Å². The van der Waals surface area contributed by atoms with Crippen molar-refractivity contribution in [1.82, 2.24) is 10.3 Å². The van der Waals surface area contributed by atoms with Crippen molar-refractivity contribution in [3.63, 3.8) is 0 Å². The normalized spacial score (nSPS) is 9.75. The highest BCUT2D eigenvalue weighted by Crippen LogP contribution is 2.04. The van der Waals surface area contributed by atoms with Gasteiger partial charge in [-0.2, -0.15) is 5.26 Å². The molecule has 0 unspecified atom stereocenters. The fourth-order valence-electron chi connectivity index (χ4n) is 1.79. The van der Waals surface area contributed by atoms with Crippen LogP contribution in [-0.2, 0) is 17.8 Å². The van der Waals surface area contributed by atoms with Crippen LogP contribution in [0.25, 0.3) is 0 Å². The van der Waals surface area contributed by atoms with Crippen molar-refractivity contribution in [3.05, 3.63) is 65.5 Å². The summed E-state index contributed by atoms with van der Waals surface area (Å²) < 4.78 is 0. The lowest BCUT2D eigenvalue weighted by Crippen LogP contribution is -2.22. The highest BCUT2D eigenvalue weighted by molar-refractivity contribution is 5.76. The molecule has 0 atom stereocenters. The fraction of sp³-hybridized carbons (Fsp3) is 0.188. The van der Waals surface area contributed by atoms with Crippen LogP contribution in [0.4, 0.5) is 0 Å². The molecule has 20 heavy (non-hydrogen) atoms. The standard InChI is InChI=1S/C16H15N3O/c17-10-13-3-5-15(6-4-13)12-19-16(20)8-7-14-2-1-9-18-11-14/h1-6,9,11H,7-8,12H2,(H,19,20). The summed E-state index contributed by atoms with van der Waals surface area (Å²) in [4.78, 5) is 15.7. The van der Waals surface area contributed by atoms with Crippen LogP contribution in [0, 0.1) is 11.3 Å². The Labute approximate surface area is 118 Å². The molecule has 1 amide bonds. The number of amides is 1. The Kier molecular flexibility index (Phi) is 4.85. The van der Waals surface area contributed by atoms with Crippen molar-refractivity contribution in [2.45, 2.75) is 19.4 Å². The van der Waals surface area contributed by atoms with Crippen molar-refractivity contribution < 1.29 is 4.79 Å². The third-order valence-corrected chi connectivity index (χ3v) is 2.94. The van der Waals surface area contributed by atoms with Gasteiger partial charge in [0.15, 0.2) is 0 Å². The molecule has 0 spiro atoms. The topological polar surface area (TPSA) is 65.8 Å². The minimum Gasteiger partial charge on any atom is -0.352 e. The van der Waals surface area contributed by atoms with E-state index in [0.717, 1.165) is 11.1 Å². The molecule has 1 aromatic heterocycles. The number of pyridine rings is 1. The highest BCUT2D eigenvalue weighted by atomic mass is 16.1. The summed E-state index contributed by atoms with van der Waals surface area (Å²) >= 11 is 0. The predicted molar refractivity (Wildman–Crippen MR) is 75.6 cm³/mol. The Bertz CT molecular complexity index is 600. The summed E-state index contributed by atoms with van der Waals surface area (Å²) in [6.07, 6.45) is 4.62. The molecule has 1 heterocycles. The van der Waals surface area contributed by atoms with E-state index < -0.39 is 0 Å². The molecule has 1 N–H and O–H groups in total. The Morgan fingerprint density at radius 1 is 1.20 bits per heavy atom. The number of benzene rings is 1. The van der Waals surface area contributed by atoms with Crippen LogP contribution >= 0.6 is 0 Å². The number of nitriles is 1. The van der Waals surface area contributed by atoms with Gasteiger partial charge in [0.2, 0.25) is 5.91 Å². The SMILES string of the molecule is N#Cc1ccc(CNC(=O)CCc2cccnc2)cc1. The summed E-state index contributed by atoms with van der Waals surface area (Å²) in [6, 6.07) is 13.1. The van der Waals surface area contributed by atoms with E-state index in [4.69, 9.17) is 5.26 Å². The molecule has 4 nitrogen and oxygen atoms in total. The van der Waals surface area contributed by atoms with Gasteiger partial charge in [-0.05, 0) is 35.7 Å². The minimum absolute atomic E-state index is 0.0122. The first-order valence-electron chi connectivity index (χ1n) is 6.42. The molecule has 4 heteroatoms. The number of nitrogens with one attached hydrogen (secondary N) is 1. The maximum absolute atomic E-state index is 11.7. The molecular weight excluding hydrogens is 250 g/mol. The second-order valence-electron chi connectivity index (χ2n) is 4.45. The molecule has 2 rings (SSSR count). The van der Waals surface area contributed by atoms with Crippen molar-refractivity contribution in [2.75, 3.05) is 0 Å². The molecular formula is C16H15N3O. The number of carbonyl (C=O) groups is 1. The molecule has 0 radical (unpaired) electrons. The summed E-state index contributed by atoms with van der Waals surface area (Å²) in [5.41, 5.74) is 2.66. The predicted octanol–water partition coefficient (Wildman–Crippen LogP) is 2.20. The molecule has 0 saturated carbocycles. The highest BCUT2D eigenvalue weighted by Gasteiger charge is 2.02. The second kappa shape index (κ2) is 7.05. The molecule has 1 aromatic carbocycles.